The number of unbranched alkanes of at least 4 members (excludes halogenated alkanes) is 23. The molecule has 12 nitrogen and oxygen atoms in total. The third kappa shape index (κ3) is 25.6. The molecule has 1 rings (SSSR count). The van der Waals surface area contributed by atoms with Crippen LogP contribution in [0, 0.1) is 0 Å². The van der Waals surface area contributed by atoms with Crippen LogP contribution in [0.5, 0.6) is 0 Å². The van der Waals surface area contributed by atoms with Gasteiger partial charge in [0.15, 0.2) is 6.29 Å². The monoisotopic (exact) mass is 780 g/mol. The molecule has 7 unspecified atom stereocenters. The minimum Gasteiger partial charge on any atom is -0.394 e. The van der Waals surface area contributed by atoms with Gasteiger partial charge >= 0.3 is 10.4 Å². The number of carbonyl (C=O) groups is 1. The van der Waals surface area contributed by atoms with Crippen molar-refractivity contribution in [1.29, 1.82) is 0 Å². The molecule has 13 heteroatoms. The first-order chi connectivity index (χ1) is 25.5. The van der Waals surface area contributed by atoms with Crippen LogP contribution in [-0.4, -0.2) is 95.4 Å². The molecule has 7 atom stereocenters. The second-order valence-electron chi connectivity index (χ2n) is 14.9. The summed E-state index contributed by atoms with van der Waals surface area (Å²) in [6.45, 7) is 3.36. The van der Waals surface area contributed by atoms with Crippen LogP contribution in [0.1, 0.15) is 181 Å². The van der Waals surface area contributed by atoms with Crippen molar-refractivity contribution in [2.75, 3.05) is 13.2 Å². The average Bonchev–Trinajstić information content (AvgIpc) is 3.12. The number of carbonyl (C=O) groups excluding carboxylic acids is 1. The summed E-state index contributed by atoms with van der Waals surface area (Å²) < 4.78 is 47.4. The summed E-state index contributed by atoms with van der Waals surface area (Å²) in [5.41, 5.74) is 0. The van der Waals surface area contributed by atoms with Gasteiger partial charge in [0.1, 0.15) is 24.4 Å². The number of aliphatic hydroxyl groups is 4. The van der Waals surface area contributed by atoms with Gasteiger partial charge in [0.25, 0.3) is 0 Å². The number of hydrogen-bond acceptors (Lipinski definition) is 10. The molecule has 314 valence electrons. The van der Waals surface area contributed by atoms with Crippen LogP contribution in [0.25, 0.3) is 0 Å². The fourth-order valence-corrected chi connectivity index (χ4v) is 7.26. The van der Waals surface area contributed by atoms with E-state index in [4.69, 9.17) is 14.0 Å². The summed E-state index contributed by atoms with van der Waals surface area (Å²) in [5.74, 6) is -0.263. The summed E-state index contributed by atoms with van der Waals surface area (Å²) in [7, 11) is -5.08. The molecule has 0 aromatic rings. The topological polar surface area (TPSA) is 192 Å². The van der Waals surface area contributed by atoms with E-state index in [0.717, 1.165) is 38.5 Å². The predicted molar refractivity (Wildman–Crippen MR) is 209 cm³/mol. The SMILES string of the molecule is CCCCCCCCCCCC/C=C/C(O)C(COC1OC(CO)C(O)C(OS(=O)(=O)O)C1O)NC(=O)CCCCCCCCCCCCCCCC. The Morgan fingerprint density at radius 3 is 1.64 bits per heavy atom. The quantitative estimate of drug-likeness (QED) is 0.0216. The molecule has 0 aromatic heterocycles. The Morgan fingerprint density at radius 2 is 1.19 bits per heavy atom. The Bertz CT molecular complexity index is 1010. The van der Waals surface area contributed by atoms with Crippen molar-refractivity contribution >= 4 is 16.3 Å². The highest BCUT2D eigenvalue weighted by molar-refractivity contribution is 7.80. The molecule has 1 saturated heterocycles. The first kappa shape index (κ1) is 49.9. The van der Waals surface area contributed by atoms with Crippen LogP contribution in [0.15, 0.2) is 12.2 Å². The second-order valence-corrected chi connectivity index (χ2v) is 16.0. The fourth-order valence-electron chi connectivity index (χ4n) is 6.75. The maximum absolute atomic E-state index is 13.0. The van der Waals surface area contributed by atoms with Crippen LogP contribution < -0.4 is 5.32 Å². The van der Waals surface area contributed by atoms with E-state index >= 15 is 0 Å². The molecule has 0 radical (unpaired) electrons. The molecule has 1 aliphatic rings. The zero-order valence-electron chi connectivity index (χ0n) is 33.1. The van der Waals surface area contributed by atoms with Gasteiger partial charge in [-0.2, -0.15) is 8.42 Å². The van der Waals surface area contributed by atoms with Gasteiger partial charge in [-0.3, -0.25) is 9.35 Å². The Balaban J connectivity index is 2.58. The van der Waals surface area contributed by atoms with E-state index in [1.807, 2.05) is 6.08 Å². The van der Waals surface area contributed by atoms with Crippen LogP contribution in [0.3, 0.4) is 0 Å². The van der Waals surface area contributed by atoms with Gasteiger partial charge in [0, 0.05) is 6.42 Å². The number of aliphatic hydroxyl groups excluding tert-OH is 4. The summed E-state index contributed by atoms with van der Waals surface area (Å²) in [6, 6.07) is -0.936. The number of rotatable bonds is 35. The van der Waals surface area contributed by atoms with Gasteiger partial charge in [-0.15, -0.1) is 0 Å². The molecule has 0 aliphatic carbocycles. The molecule has 1 amide bonds. The lowest BCUT2D eigenvalue weighted by Crippen LogP contribution is -2.61. The van der Waals surface area contributed by atoms with Gasteiger partial charge in [-0.1, -0.05) is 167 Å². The normalized spacial score (nSPS) is 22.0. The molecule has 0 spiro atoms. The summed E-state index contributed by atoms with van der Waals surface area (Å²) in [4.78, 5) is 13.0. The van der Waals surface area contributed by atoms with E-state index in [-0.39, 0.29) is 18.9 Å². The lowest BCUT2D eigenvalue weighted by Gasteiger charge is -2.41. The predicted octanol–water partition coefficient (Wildman–Crippen LogP) is 7.21. The van der Waals surface area contributed by atoms with Gasteiger partial charge in [0.05, 0.1) is 25.4 Å². The molecule has 0 bridgehead atoms. The smallest absolute Gasteiger partial charge is 0.394 e. The highest BCUT2D eigenvalue weighted by atomic mass is 32.3. The third-order valence-corrected chi connectivity index (χ3v) is 10.5. The van der Waals surface area contributed by atoms with E-state index in [9.17, 15) is 33.6 Å². The van der Waals surface area contributed by atoms with Crippen molar-refractivity contribution in [3.8, 4) is 0 Å². The van der Waals surface area contributed by atoms with Crippen molar-refractivity contribution in [2.45, 2.75) is 224 Å². The minimum absolute atomic E-state index is 0.263. The number of ether oxygens (including phenoxy) is 2. The third-order valence-electron chi connectivity index (χ3n) is 10.1. The van der Waals surface area contributed by atoms with Crippen LogP contribution in [-0.2, 0) is 28.9 Å². The lowest BCUT2D eigenvalue weighted by atomic mass is 9.99. The maximum Gasteiger partial charge on any atom is 0.397 e. The molecule has 1 heterocycles. The van der Waals surface area contributed by atoms with E-state index < -0.39 is 59.9 Å². The van der Waals surface area contributed by atoms with Gasteiger partial charge in [-0.25, -0.2) is 4.18 Å². The largest absolute Gasteiger partial charge is 0.397 e. The molecule has 0 saturated carbocycles. The van der Waals surface area contributed by atoms with E-state index in [0.29, 0.717) is 6.42 Å². The average molecular weight is 780 g/mol. The zero-order valence-corrected chi connectivity index (χ0v) is 33.9. The van der Waals surface area contributed by atoms with E-state index in [1.54, 1.807) is 6.08 Å². The Kier molecular flexibility index (Phi) is 30.1. The van der Waals surface area contributed by atoms with Gasteiger partial charge in [0.2, 0.25) is 5.91 Å². The zero-order chi connectivity index (χ0) is 39.2. The molecule has 0 aromatic carbocycles. The number of amides is 1. The fraction of sp³-hybridized carbons (Fsp3) is 0.925. The summed E-state index contributed by atoms with van der Waals surface area (Å²) >= 11 is 0. The molecular formula is C40H77NO11S. The first-order valence-corrected chi connectivity index (χ1v) is 22.4. The van der Waals surface area contributed by atoms with Crippen molar-refractivity contribution < 1.29 is 51.8 Å². The minimum atomic E-state index is -5.08. The molecule has 53 heavy (non-hydrogen) atoms. The van der Waals surface area contributed by atoms with Crippen LogP contribution in [0.2, 0.25) is 0 Å². The molecule has 1 aliphatic heterocycles. The van der Waals surface area contributed by atoms with Gasteiger partial charge < -0.3 is 35.2 Å². The van der Waals surface area contributed by atoms with Crippen molar-refractivity contribution in [3.05, 3.63) is 12.2 Å². The molecular weight excluding hydrogens is 703 g/mol. The lowest BCUT2D eigenvalue weighted by molar-refractivity contribution is -0.298. The summed E-state index contributed by atoms with van der Waals surface area (Å²) in [6.07, 6.45) is 24.0. The standard InChI is InChI=1S/C40H77NO11S/c1-3-5-7-9-11-13-15-17-18-20-22-24-26-28-30-36(44)41-33(34(43)29-27-25-23-21-19-16-14-12-10-8-6-4-2)32-50-40-38(46)39(52-53(47,48)49)37(45)35(31-42)51-40/h27,29,33-35,37-40,42-43,45-46H,3-26,28,30-32H2,1-2H3,(H,41,44)(H,47,48,49)/b29-27+. The first-order valence-electron chi connectivity index (χ1n) is 21.1. The van der Waals surface area contributed by atoms with Crippen molar-refractivity contribution in [3.63, 3.8) is 0 Å². The van der Waals surface area contributed by atoms with Crippen LogP contribution in [0.4, 0.5) is 0 Å². The highest BCUT2D eigenvalue weighted by Gasteiger charge is 2.48. The number of allylic oxidation sites excluding steroid dienone is 1. The molecule has 6 N–H and O–H groups in total. The number of nitrogens with one attached hydrogen (secondary N) is 1. The Morgan fingerprint density at radius 1 is 0.736 bits per heavy atom. The highest BCUT2D eigenvalue weighted by Crippen LogP contribution is 2.26. The van der Waals surface area contributed by atoms with Crippen LogP contribution >= 0.6 is 0 Å². The van der Waals surface area contributed by atoms with Gasteiger partial charge in [-0.05, 0) is 19.3 Å². The van der Waals surface area contributed by atoms with Crippen molar-refractivity contribution in [1.82, 2.24) is 5.32 Å². The van der Waals surface area contributed by atoms with E-state index in [1.165, 1.54) is 116 Å². The Hall–Kier alpha value is -1.16. The summed E-state index contributed by atoms with van der Waals surface area (Å²) in [5, 5.41) is 44.5. The van der Waals surface area contributed by atoms with Crippen molar-refractivity contribution in [2.24, 2.45) is 0 Å². The number of hydrogen-bond donors (Lipinski definition) is 6. The second kappa shape index (κ2) is 32.0. The maximum atomic E-state index is 13.0. The van der Waals surface area contributed by atoms with E-state index in [2.05, 4.69) is 23.3 Å². The molecule has 1 fully saturated rings. The Labute approximate surface area is 321 Å².